The largest absolute Gasteiger partial charge is 0.494 e. The number of nitrogens with zero attached hydrogens (tertiary/aromatic N) is 1. The summed E-state index contributed by atoms with van der Waals surface area (Å²) in [7, 11) is 0. The highest BCUT2D eigenvalue weighted by Crippen LogP contribution is 2.48. The van der Waals surface area contributed by atoms with Gasteiger partial charge in [-0.05, 0) is 43.4 Å². The smallest absolute Gasteiger partial charge is 0.119 e. The molecule has 2 aliphatic heterocycles. The maximum Gasteiger partial charge on any atom is 0.119 e. The average molecular weight is 347 g/mol. The molecule has 140 valence electrons. The van der Waals surface area contributed by atoms with Crippen molar-refractivity contribution in [2.75, 3.05) is 19.7 Å². The minimum atomic E-state index is -0.575. The van der Waals surface area contributed by atoms with Crippen molar-refractivity contribution in [1.82, 2.24) is 4.90 Å². The summed E-state index contributed by atoms with van der Waals surface area (Å²) >= 11 is 0. The molecular formula is C21H33NO3. The number of ether oxygens (including phenoxy) is 1. The number of piperidine rings is 2. The van der Waals surface area contributed by atoms with Crippen molar-refractivity contribution < 1.29 is 14.9 Å². The molecule has 0 spiro atoms. The van der Waals surface area contributed by atoms with Crippen molar-refractivity contribution in [2.45, 2.75) is 76.0 Å². The van der Waals surface area contributed by atoms with E-state index in [9.17, 15) is 10.2 Å². The third-order valence-electron chi connectivity index (χ3n) is 6.16. The fraction of sp³-hybridized carbons (Fsp3) is 0.714. The molecule has 0 radical (unpaired) electrons. The monoisotopic (exact) mass is 347 g/mol. The molecule has 3 atom stereocenters. The normalized spacial score (nSPS) is 34.7. The number of aliphatic hydroxyl groups is 2. The van der Waals surface area contributed by atoms with E-state index >= 15 is 0 Å². The van der Waals surface area contributed by atoms with Gasteiger partial charge in [-0.3, -0.25) is 4.90 Å². The van der Waals surface area contributed by atoms with E-state index in [0.29, 0.717) is 0 Å². The quantitative estimate of drug-likeness (QED) is 0.744. The minimum Gasteiger partial charge on any atom is -0.494 e. The molecule has 0 amide bonds. The molecule has 2 N–H and O–H groups in total. The van der Waals surface area contributed by atoms with Crippen molar-refractivity contribution in [3.63, 3.8) is 0 Å². The van der Waals surface area contributed by atoms with Crippen LogP contribution in [0.4, 0.5) is 0 Å². The number of aliphatic hydroxyl groups excluding tert-OH is 2. The van der Waals surface area contributed by atoms with E-state index in [4.69, 9.17) is 4.74 Å². The van der Waals surface area contributed by atoms with Gasteiger partial charge in [0, 0.05) is 19.1 Å². The van der Waals surface area contributed by atoms with Crippen LogP contribution < -0.4 is 4.74 Å². The third kappa shape index (κ3) is 3.32. The van der Waals surface area contributed by atoms with Crippen molar-refractivity contribution in [2.24, 2.45) is 0 Å². The van der Waals surface area contributed by atoms with E-state index in [0.717, 1.165) is 69.5 Å². The molecule has 2 fully saturated rings. The van der Waals surface area contributed by atoms with Crippen LogP contribution in [-0.4, -0.2) is 53.1 Å². The van der Waals surface area contributed by atoms with E-state index in [-0.39, 0.29) is 6.04 Å². The summed E-state index contributed by atoms with van der Waals surface area (Å²) in [5.74, 6) is 0.869. The first-order chi connectivity index (χ1) is 12.1. The molecule has 3 rings (SSSR count). The Bertz CT molecular complexity index is 531. The number of hydrogen-bond donors (Lipinski definition) is 2. The van der Waals surface area contributed by atoms with Gasteiger partial charge in [0.15, 0.2) is 0 Å². The summed E-state index contributed by atoms with van der Waals surface area (Å²) in [5.41, 5.74) is 0.479. The van der Waals surface area contributed by atoms with Crippen LogP contribution in [0.25, 0.3) is 0 Å². The molecule has 3 unspecified atom stereocenters. The molecule has 4 nitrogen and oxygen atoms in total. The Morgan fingerprint density at radius 1 is 1.04 bits per heavy atom. The Hall–Kier alpha value is -1.10. The Kier molecular flexibility index (Phi) is 6.03. The molecular weight excluding hydrogens is 314 g/mol. The van der Waals surface area contributed by atoms with Gasteiger partial charge in [0.25, 0.3) is 0 Å². The van der Waals surface area contributed by atoms with Gasteiger partial charge >= 0.3 is 0 Å². The number of unbranched alkanes of at least 4 members (excludes halogenated alkanes) is 1. The summed E-state index contributed by atoms with van der Waals surface area (Å²) in [6.45, 7) is 6.93. The van der Waals surface area contributed by atoms with E-state index in [1.54, 1.807) is 0 Å². The zero-order valence-corrected chi connectivity index (χ0v) is 15.7. The fourth-order valence-electron chi connectivity index (χ4n) is 4.89. The Morgan fingerprint density at radius 3 is 2.24 bits per heavy atom. The standard InChI is InChI=1S/C21H33NO3/c1-3-5-15-25-17-9-7-16(8-10-17)21-18(6-4-2)22(13-11-19(21)23)14-12-20(21)24/h7-10,18-20,23-24H,3-6,11-15H2,1-2H3. The first kappa shape index (κ1) is 18.7. The second-order valence-electron chi connectivity index (χ2n) is 7.61. The second-order valence-corrected chi connectivity index (χ2v) is 7.61. The number of rotatable bonds is 7. The lowest BCUT2D eigenvalue weighted by atomic mass is 9.59. The minimum absolute atomic E-state index is 0.205. The van der Waals surface area contributed by atoms with Crippen LogP contribution in [0.2, 0.25) is 0 Å². The molecule has 0 aromatic heterocycles. The van der Waals surface area contributed by atoms with E-state index < -0.39 is 17.6 Å². The highest BCUT2D eigenvalue weighted by Gasteiger charge is 2.57. The highest BCUT2D eigenvalue weighted by atomic mass is 16.5. The van der Waals surface area contributed by atoms with E-state index in [1.807, 2.05) is 12.1 Å². The van der Waals surface area contributed by atoms with Crippen LogP contribution in [0.1, 0.15) is 57.9 Å². The lowest BCUT2D eigenvalue weighted by Gasteiger charge is -2.59. The van der Waals surface area contributed by atoms with Crippen molar-refractivity contribution in [3.05, 3.63) is 29.8 Å². The predicted molar refractivity (Wildman–Crippen MR) is 100 cm³/mol. The molecule has 0 saturated carbocycles. The molecule has 2 aliphatic rings. The molecule has 2 heterocycles. The number of benzene rings is 1. The predicted octanol–water partition coefficient (Wildman–Crippen LogP) is 3.10. The molecule has 1 aromatic carbocycles. The molecule has 2 saturated heterocycles. The highest BCUT2D eigenvalue weighted by molar-refractivity contribution is 5.38. The van der Waals surface area contributed by atoms with Crippen molar-refractivity contribution in [1.29, 1.82) is 0 Å². The average Bonchev–Trinajstić information content (AvgIpc) is 2.62. The van der Waals surface area contributed by atoms with Gasteiger partial charge in [-0.1, -0.05) is 38.8 Å². The van der Waals surface area contributed by atoms with Crippen LogP contribution in [-0.2, 0) is 5.41 Å². The third-order valence-corrected chi connectivity index (χ3v) is 6.16. The Balaban J connectivity index is 1.91. The van der Waals surface area contributed by atoms with Gasteiger partial charge in [-0.25, -0.2) is 0 Å². The maximum atomic E-state index is 11.0. The van der Waals surface area contributed by atoms with E-state index in [1.165, 1.54) is 0 Å². The molecule has 0 aliphatic carbocycles. The lowest BCUT2D eigenvalue weighted by Crippen LogP contribution is -2.70. The van der Waals surface area contributed by atoms with Gasteiger partial charge in [0.2, 0.25) is 0 Å². The summed E-state index contributed by atoms with van der Waals surface area (Å²) in [6.07, 6.45) is 4.69. The zero-order chi connectivity index (χ0) is 17.9. The SMILES string of the molecule is CCCCOc1ccc(C23C(O)CCN(CCC2O)C3CCC)cc1. The topological polar surface area (TPSA) is 52.9 Å². The van der Waals surface area contributed by atoms with Crippen LogP contribution >= 0.6 is 0 Å². The zero-order valence-electron chi connectivity index (χ0n) is 15.7. The molecule has 1 aromatic rings. The fourth-order valence-corrected chi connectivity index (χ4v) is 4.89. The lowest BCUT2D eigenvalue weighted by molar-refractivity contribution is -0.134. The Labute approximate surface area is 151 Å². The van der Waals surface area contributed by atoms with Gasteiger partial charge < -0.3 is 14.9 Å². The van der Waals surface area contributed by atoms with Gasteiger partial charge in [-0.15, -0.1) is 0 Å². The van der Waals surface area contributed by atoms with Gasteiger partial charge in [0.05, 0.1) is 24.2 Å². The first-order valence-electron chi connectivity index (χ1n) is 9.98. The van der Waals surface area contributed by atoms with Crippen LogP contribution in [0, 0.1) is 0 Å². The molecule has 2 bridgehead atoms. The van der Waals surface area contributed by atoms with Crippen LogP contribution in [0.15, 0.2) is 24.3 Å². The summed E-state index contributed by atoms with van der Waals surface area (Å²) in [6, 6.07) is 8.32. The van der Waals surface area contributed by atoms with Crippen molar-refractivity contribution in [3.8, 4) is 5.75 Å². The first-order valence-corrected chi connectivity index (χ1v) is 9.98. The summed E-state index contributed by atoms with van der Waals surface area (Å²) in [4.78, 5) is 2.48. The molecule has 25 heavy (non-hydrogen) atoms. The second kappa shape index (κ2) is 8.07. The Morgan fingerprint density at radius 2 is 1.68 bits per heavy atom. The number of fused-ring (bicyclic) bond motifs is 2. The van der Waals surface area contributed by atoms with Crippen LogP contribution in [0.5, 0.6) is 5.75 Å². The van der Waals surface area contributed by atoms with Crippen LogP contribution in [0.3, 0.4) is 0 Å². The van der Waals surface area contributed by atoms with Crippen molar-refractivity contribution >= 4 is 0 Å². The number of hydrogen-bond acceptors (Lipinski definition) is 4. The van der Waals surface area contributed by atoms with E-state index in [2.05, 4.69) is 30.9 Å². The summed E-state index contributed by atoms with van der Waals surface area (Å²) < 4.78 is 5.78. The maximum absolute atomic E-state index is 11.0. The van der Waals surface area contributed by atoms with Gasteiger partial charge in [0.1, 0.15) is 5.75 Å². The summed E-state index contributed by atoms with van der Waals surface area (Å²) in [5, 5.41) is 22.0. The van der Waals surface area contributed by atoms with Gasteiger partial charge in [-0.2, -0.15) is 0 Å². The molecule has 4 heteroatoms.